The molecule has 1 fully saturated rings. The van der Waals surface area contributed by atoms with Crippen molar-refractivity contribution >= 4 is 17.5 Å². The van der Waals surface area contributed by atoms with Gasteiger partial charge in [-0.05, 0) is 31.4 Å². The number of aryl methyl sites for hydroxylation is 1. The lowest BCUT2D eigenvalue weighted by Gasteiger charge is -2.20. The van der Waals surface area contributed by atoms with E-state index in [2.05, 4.69) is 4.98 Å². The van der Waals surface area contributed by atoms with Crippen LogP contribution >= 0.6 is 11.6 Å². The van der Waals surface area contributed by atoms with Crippen molar-refractivity contribution in [2.24, 2.45) is 0 Å². The minimum absolute atomic E-state index is 0.0934. The van der Waals surface area contributed by atoms with E-state index in [1.54, 1.807) is 6.07 Å². The second kappa shape index (κ2) is 6.19. The van der Waals surface area contributed by atoms with Gasteiger partial charge >= 0.3 is 0 Å². The van der Waals surface area contributed by atoms with E-state index in [9.17, 15) is 4.79 Å². The fourth-order valence-corrected chi connectivity index (χ4v) is 2.54. The van der Waals surface area contributed by atoms with Crippen LogP contribution in [0.3, 0.4) is 0 Å². The van der Waals surface area contributed by atoms with Crippen LogP contribution in [0.4, 0.5) is 0 Å². The number of aromatic nitrogens is 1. The van der Waals surface area contributed by atoms with Gasteiger partial charge in [-0.1, -0.05) is 31.4 Å². The van der Waals surface area contributed by atoms with E-state index in [4.69, 9.17) is 11.6 Å². The zero-order valence-electron chi connectivity index (χ0n) is 10.8. The predicted molar refractivity (Wildman–Crippen MR) is 73.0 cm³/mol. The van der Waals surface area contributed by atoms with Gasteiger partial charge in [-0.25, -0.2) is 4.98 Å². The second-order valence-electron chi connectivity index (χ2n) is 4.73. The molecule has 2 heterocycles. The molecule has 1 aliphatic heterocycles. The molecule has 0 aliphatic carbocycles. The predicted octanol–water partition coefficient (Wildman–Crippen LogP) is 3.31. The molecule has 0 spiro atoms. The van der Waals surface area contributed by atoms with E-state index in [1.807, 2.05) is 17.9 Å². The molecule has 2 rings (SSSR count). The summed E-state index contributed by atoms with van der Waals surface area (Å²) >= 11 is 5.96. The Kier molecular flexibility index (Phi) is 4.59. The molecule has 1 amide bonds. The molecule has 1 aromatic heterocycles. The summed E-state index contributed by atoms with van der Waals surface area (Å²) in [6.07, 6.45) is 5.44. The zero-order chi connectivity index (χ0) is 13.0. The minimum Gasteiger partial charge on any atom is -0.339 e. The summed E-state index contributed by atoms with van der Waals surface area (Å²) in [6.45, 7) is 3.74. The highest BCUT2D eigenvalue weighted by Crippen LogP contribution is 2.16. The summed E-state index contributed by atoms with van der Waals surface area (Å²) in [5.74, 6) is 0.0934. The number of likely N-dealkylation sites (tertiary alicyclic amines) is 1. The number of carbonyl (C=O) groups excluding carboxylic acids is 1. The number of rotatable bonds is 2. The minimum atomic E-state index is 0.0934. The maximum absolute atomic E-state index is 12.4. The average molecular weight is 267 g/mol. The molecule has 0 saturated carbocycles. The topological polar surface area (TPSA) is 33.2 Å². The Bertz CT molecular complexity index is 426. The van der Waals surface area contributed by atoms with Crippen molar-refractivity contribution in [3.05, 3.63) is 28.5 Å². The van der Waals surface area contributed by atoms with Gasteiger partial charge in [-0.2, -0.15) is 0 Å². The molecule has 0 unspecified atom stereocenters. The maximum Gasteiger partial charge on any atom is 0.254 e. The first-order chi connectivity index (χ1) is 8.70. The number of amides is 1. The smallest absolute Gasteiger partial charge is 0.254 e. The van der Waals surface area contributed by atoms with Crippen LogP contribution in [0.2, 0.25) is 5.15 Å². The van der Waals surface area contributed by atoms with Crippen LogP contribution in [0.1, 0.15) is 48.7 Å². The van der Waals surface area contributed by atoms with Crippen molar-refractivity contribution in [2.75, 3.05) is 13.1 Å². The summed E-state index contributed by atoms with van der Waals surface area (Å²) in [5.41, 5.74) is 1.55. The Labute approximate surface area is 113 Å². The van der Waals surface area contributed by atoms with E-state index in [1.165, 1.54) is 12.8 Å². The van der Waals surface area contributed by atoms with Crippen LogP contribution in [-0.4, -0.2) is 28.9 Å². The van der Waals surface area contributed by atoms with Crippen molar-refractivity contribution in [3.63, 3.8) is 0 Å². The van der Waals surface area contributed by atoms with E-state index < -0.39 is 0 Å². The van der Waals surface area contributed by atoms with Gasteiger partial charge in [0, 0.05) is 24.3 Å². The Morgan fingerprint density at radius 1 is 1.28 bits per heavy atom. The first-order valence-corrected chi connectivity index (χ1v) is 7.04. The molecular weight excluding hydrogens is 248 g/mol. The highest BCUT2D eigenvalue weighted by Gasteiger charge is 2.18. The average Bonchev–Trinajstić information content (AvgIpc) is 2.65. The lowest BCUT2D eigenvalue weighted by atomic mass is 10.1. The van der Waals surface area contributed by atoms with E-state index in [-0.39, 0.29) is 5.91 Å². The summed E-state index contributed by atoms with van der Waals surface area (Å²) in [5, 5.41) is 0.410. The second-order valence-corrected chi connectivity index (χ2v) is 5.12. The Hall–Kier alpha value is -1.09. The number of nitrogens with zero attached hydrogens (tertiary/aromatic N) is 2. The molecule has 0 aromatic carbocycles. The molecule has 0 radical (unpaired) electrons. The van der Waals surface area contributed by atoms with Crippen LogP contribution in [-0.2, 0) is 6.42 Å². The van der Waals surface area contributed by atoms with Crippen molar-refractivity contribution in [1.29, 1.82) is 0 Å². The Morgan fingerprint density at radius 3 is 2.56 bits per heavy atom. The quantitative estimate of drug-likeness (QED) is 0.770. The van der Waals surface area contributed by atoms with Crippen LogP contribution in [0, 0.1) is 0 Å². The van der Waals surface area contributed by atoms with Gasteiger partial charge in [0.1, 0.15) is 5.15 Å². The van der Waals surface area contributed by atoms with Crippen molar-refractivity contribution in [3.8, 4) is 0 Å². The van der Waals surface area contributed by atoms with Gasteiger partial charge in [-0.15, -0.1) is 0 Å². The highest BCUT2D eigenvalue weighted by atomic mass is 35.5. The molecule has 3 nitrogen and oxygen atoms in total. The zero-order valence-corrected chi connectivity index (χ0v) is 11.5. The monoisotopic (exact) mass is 266 g/mol. The summed E-state index contributed by atoms with van der Waals surface area (Å²) in [7, 11) is 0. The van der Waals surface area contributed by atoms with E-state index in [0.717, 1.165) is 38.0 Å². The largest absolute Gasteiger partial charge is 0.339 e. The first-order valence-electron chi connectivity index (χ1n) is 6.66. The standard InChI is InChI=1S/C14H19ClN2O/c1-2-12-9-11(10-13(15)16-12)14(18)17-7-5-3-4-6-8-17/h9-10H,2-8H2,1H3. The highest BCUT2D eigenvalue weighted by molar-refractivity contribution is 6.29. The maximum atomic E-state index is 12.4. The third kappa shape index (κ3) is 3.22. The molecule has 1 aliphatic rings. The van der Waals surface area contributed by atoms with Gasteiger partial charge in [0.25, 0.3) is 5.91 Å². The fourth-order valence-electron chi connectivity index (χ4n) is 2.31. The van der Waals surface area contributed by atoms with Crippen LogP contribution in [0.5, 0.6) is 0 Å². The molecule has 18 heavy (non-hydrogen) atoms. The van der Waals surface area contributed by atoms with Crippen molar-refractivity contribution in [1.82, 2.24) is 9.88 Å². The lowest BCUT2D eigenvalue weighted by Crippen LogP contribution is -2.31. The van der Waals surface area contributed by atoms with Gasteiger partial charge in [0.15, 0.2) is 0 Å². The molecule has 4 heteroatoms. The van der Waals surface area contributed by atoms with Crippen LogP contribution in [0.15, 0.2) is 12.1 Å². The summed E-state index contributed by atoms with van der Waals surface area (Å²) in [4.78, 5) is 18.5. The molecule has 0 bridgehead atoms. The molecule has 0 N–H and O–H groups in total. The third-order valence-electron chi connectivity index (χ3n) is 3.35. The molecule has 1 saturated heterocycles. The third-order valence-corrected chi connectivity index (χ3v) is 3.54. The van der Waals surface area contributed by atoms with Gasteiger partial charge in [0.05, 0.1) is 0 Å². The van der Waals surface area contributed by atoms with Crippen LogP contribution in [0.25, 0.3) is 0 Å². The number of hydrogen-bond donors (Lipinski definition) is 0. The van der Waals surface area contributed by atoms with E-state index in [0.29, 0.717) is 10.7 Å². The lowest BCUT2D eigenvalue weighted by molar-refractivity contribution is 0.0761. The van der Waals surface area contributed by atoms with Crippen LogP contribution < -0.4 is 0 Å². The van der Waals surface area contributed by atoms with E-state index >= 15 is 0 Å². The fraction of sp³-hybridized carbons (Fsp3) is 0.571. The molecule has 1 aromatic rings. The molecular formula is C14H19ClN2O. The Balaban J connectivity index is 2.18. The SMILES string of the molecule is CCc1cc(C(=O)N2CCCCCC2)cc(Cl)n1. The number of pyridine rings is 1. The molecule has 98 valence electrons. The summed E-state index contributed by atoms with van der Waals surface area (Å²) < 4.78 is 0. The van der Waals surface area contributed by atoms with Gasteiger partial charge in [0.2, 0.25) is 0 Å². The summed E-state index contributed by atoms with van der Waals surface area (Å²) in [6, 6.07) is 3.53. The first kappa shape index (κ1) is 13.3. The van der Waals surface area contributed by atoms with Gasteiger partial charge in [-0.3, -0.25) is 4.79 Å². The Morgan fingerprint density at radius 2 is 1.94 bits per heavy atom. The number of hydrogen-bond acceptors (Lipinski definition) is 2. The normalized spacial score (nSPS) is 16.4. The van der Waals surface area contributed by atoms with Crippen molar-refractivity contribution < 1.29 is 4.79 Å². The van der Waals surface area contributed by atoms with Crippen molar-refractivity contribution in [2.45, 2.75) is 39.0 Å². The number of halogens is 1. The number of carbonyl (C=O) groups is 1. The molecule has 0 atom stereocenters. The van der Waals surface area contributed by atoms with Gasteiger partial charge < -0.3 is 4.90 Å².